The lowest BCUT2D eigenvalue weighted by molar-refractivity contribution is -0.144. The molecular formula is C11H18N2O5. The predicted molar refractivity (Wildman–Crippen MR) is 61.7 cm³/mol. The third-order valence-electron chi connectivity index (χ3n) is 2.23. The largest absolute Gasteiger partial charge is 0.480 e. The Morgan fingerprint density at radius 3 is 2.61 bits per heavy atom. The maximum absolute atomic E-state index is 11.4. The summed E-state index contributed by atoms with van der Waals surface area (Å²) in [4.78, 5) is 22.3. The van der Waals surface area contributed by atoms with E-state index >= 15 is 0 Å². The topological polar surface area (TPSA) is 109 Å². The van der Waals surface area contributed by atoms with E-state index in [9.17, 15) is 9.59 Å². The van der Waals surface area contributed by atoms with E-state index in [0.29, 0.717) is 6.61 Å². The molecule has 1 amide bonds. The first-order valence-corrected chi connectivity index (χ1v) is 5.48. The van der Waals surface area contributed by atoms with Crippen molar-refractivity contribution in [2.75, 3.05) is 26.9 Å². The fourth-order valence-corrected chi connectivity index (χ4v) is 1.23. The second kappa shape index (κ2) is 9.39. The fraction of sp³-hybridized carbons (Fsp3) is 0.727. The van der Waals surface area contributed by atoms with E-state index in [1.54, 1.807) is 6.92 Å². The van der Waals surface area contributed by atoms with E-state index in [2.05, 4.69) is 5.32 Å². The molecule has 2 atom stereocenters. The van der Waals surface area contributed by atoms with Crippen molar-refractivity contribution in [2.24, 2.45) is 5.92 Å². The Labute approximate surface area is 106 Å². The minimum atomic E-state index is -1.16. The Bertz CT molecular complexity index is 313. The molecule has 0 fully saturated rings. The van der Waals surface area contributed by atoms with Gasteiger partial charge in [0.05, 0.1) is 19.3 Å². The number of nitrogens with zero attached hydrogens (tertiary/aromatic N) is 1. The number of carboxylic acids is 1. The summed E-state index contributed by atoms with van der Waals surface area (Å²) < 4.78 is 9.69. The average Bonchev–Trinajstić information content (AvgIpc) is 2.31. The quantitative estimate of drug-likeness (QED) is 0.553. The van der Waals surface area contributed by atoms with Gasteiger partial charge in [0.1, 0.15) is 12.6 Å². The van der Waals surface area contributed by atoms with Gasteiger partial charge in [-0.1, -0.05) is 6.92 Å². The summed E-state index contributed by atoms with van der Waals surface area (Å²) in [6.07, 6.45) is 0.0573. The summed E-state index contributed by atoms with van der Waals surface area (Å²) in [5.41, 5.74) is 0. The molecule has 0 saturated carbocycles. The summed E-state index contributed by atoms with van der Waals surface area (Å²) in [6.45, 7) is 1.98. The smallest absolute Gasteiger partial charge is 0.326 e. The molecule has 0 aromatic rings. The molecule has 0 bridgehead atoms. The minimum absolute atomic E-state index is 0.0573. The van der Waals surface area contributed by atoms with Gasteiger partial charge in [-0.2, -0.15) is 5.26 Å². The molecule has 0 aromatic carbocycles. The van der Waals surface area contributed by atoms with Crippen LogP contribution in [0.1, 0.15) is 13.3 Å². The van der Waals surface area contributed by atoms with Crippen molar-refractivity contribution >= 4 is 11.9 Å². The molecule has 0 radical (unpaired) electrons. The summed E-state index contributed by atoms with van der Waals surface area (Å²) in [7, 11) is 1.51. The Morgan fingerprint density at radius 2 is 2.11 bits per heavy atom. The normalized spacial score (nSPS) is 13.4. The minimum Gasteiger partial charge on any atom is -0.480 e. The Hall–Kier alpha value is -1.65. The first kappa shape index (κ1) is 16.4. The van der Waals surface area contributed by atoms with Gasteiger partial charge >= 0.3 is 5.97 Å². The van der Waals surface area contributed by atoms with Crippen LogP contribution in [0.3, 0.4) is 0 Å². The highest BCUT2D eigenvalue weighted by Gasteiger charge is 2.26. The van der Waals surface area contributed by atoms with E-state index in [1.807, 2.05) is 6.07 Å². The van der Waals surface area contributed by atoms with Crippen LogP contribution in [0.4, 0.5) is 0 Å². The van der Waals surface area contributed by atoms with Crippen LogP contribution in [0.5, 0.6) is 0 Å². The number of rotatable bonds is 9. The first-order valence-electron chi connectivity index (χ1n) is 5.48. The number of aliphatic carboxylic acids is 1. The molecule has 0 aliphatic carbocycles. The third kappa shape index (κ3) is 6.83. The van der Waals surface area contributed by atoms with Gasteiger partial charge in [-0.25, -0.2) is 4.79 Å². The van der Waals surface area contributed by atoms with Gasteiger partial charge in [0.15, 0.2) is 0 Å². The van der Waals surface area contributed by atoms with Crippen molar-refractivity contribution in [3.8, 4) is 6.07 Å². The molecule has 0 heterocycles. The zero-order chi connectivity index (χ0) is 14.0. The Kier molecular flexibility index (Phi) is 8.53. The molecule has 102 valence electrons. The second-order valence-corrected chi connectivity index (χ2v) is 3.77. The van der Waals surface area contributed by atoms with Crippen molar-refractivity contribution in [3.63, 3.8) is 0 Å². The third-order valence-corrected chi connectivity index (χ3v) is 2.23. The summed E-state index contributed by atoms with van der Waals surface area (Å²) >= 11 is 0. The molecule has 0 aliphatic rings. The monoisotopic (exact) mass is 258 g/mol. The molecule has 2 N–H and O–H groups in total. The maximum Gasteiger partial charge on any atom is 0.326 e. The van der Waals surface area contributed by atoms with Crippen LogP contribution in [0.15, 0.2) is 0 Å². The summed E-state index contributed by atoms with van der Waals surface area (Å²) in [5, 5.41) is 19.8. The molecule has 18 heavy (non-hydrogen) atoms. The molecular weight excluding hydrogens is 240 g/mol. The summed E-state index contributed by atoms with van der Waals surface area (Å²) in [5.74, 6) is -2.15. The Balaban J connectivity index is 4.13. The van der Waals surface area contributed by atoms with E-state index in [-0.39, 0.29) is 19.6 Å². The number of amides is 1. The van der Waals surface area contributed by atoms with Gasteiger partial charge in [-0.15, -0.1) is 0 Å². The number of nitrogens with one attached hydrogen (secondary N) is 1. The average molecular weight is 258 g/mol. The van der Waals surface area contributed by atoms with E-state index in [1.165, 1.54) is 7.11 Å². The second-order valence-electron chi connectivity index (χ2n) is 3.77. The predicted octanol–water partition coefficient (Wildman–Crippen LogP) is -0.231. The van der Waals surface area contributed by atoms with Gasteiger partial charge in [-0.3, -0.25) is 4.79 Å². The number of hydrogen-bond acceptors (Lipinski definition) is 5. The lowest BCUT2D eigenvalue weighted by Crippen LogP contribution is -2.46. The molecule has 0 saturated heterocycles. The zero-order valence-corrected chi connectivity index (χ0v) is 10.5. The van der Waals surface area contributed by atoms with Crippen LogP contribution in [0.2, 0.25) is 0 Å². The van der Waals surface area contributed by atoms with Crippen LogP contribution in [-0.2, 0) is 19.1 Å². The van der Waals surface area contributed by atoms with Crippen molar-refractivity contribution in [2.45, 2.75) is 19.4 Å². The molecule has 0 aliphatic heterocycles. The van der Waals surface area contributed by atoms with Crippen molar-refractivity contribution in [1.29, 1.82) is 5.26 Å². The summed E-state index contributed by atoms with van der Waals surface area (Å²) in [6, 6.07) is 0.793. The highest BCUT2D eigenvalue weighted by Crippen LogP contribution is 2.07. The number of nitriles is 1. The van der Waals surface area contributed by atoms with Gasteiger partial charge < -0.3 is 19.9 Å². The number of hydrogen-bond donors (Lipinski definition) is 2. The van der Waals surface area contributed by atoms with Crippen molar-refractivity contribution in [1.82, 2.24) is 5.32 Å². The number of methoxy groups -OCH3 is 1. The lowest BCUT2D eigenvalue weighted by Gasteiger charge is -2.19. The van der Waals surface area contributed by atoms with E-state index < -0.39 is 23.8 Å². The van der Waals surface area contributed by atoms with Crippen LogP contribution in [0.25, 0.3) is 0 Å². The van der Waals surface area contributed by atoms with Crippen LogP contribution >= 0.6 is 0 Å². The van der Waals surface area contributed by atoms with Crippen LogP contribution < -0.4 is 5.32 Å². The zero-order valence-electron chi connectivity index (χ0n) is 10.5. The van der Waals surface area contributed by atoms with Gasteiger partial charge in [0, 0.05) is 19.4 Å². The van der Waals surface area contributed by atoms with Crippen LogP contribution in [0, 0.1) is 17.2 Å². The van der Waals surface area contributed by atoms with E-state index in [4.69, 9.17) is 19.8 Å². The number of ether oxygens (including phenoxy) is 2. The number of carbonyl (C=O) groups excluding carboxylic acids is 1. The Morgan fingerprint density at radius 1 is 1.44 bits per heavy atom. The van der Waals surface area contributed by atoms with E-state index in [0.717, 1.165) is 0 Å². The van der Waals surface area contributed by atoms with Gasteiger partial charge in [0.25, 0.3) is 0 Å². The van der Waals surface area contributed by atoms with Crippen molar-refractivity contribution in [3.05, 3.63) is 0 Å². The molecule has 7 heteroatoms. The standard InChI is InChI=1S/C11H18N2O5/c1-8(3-4-12)10(11(15)16)13-9(14)7-18-6-5-17-2/h8,10H,3,5-7H2,1-2H3,(H,13,14)(H,15,16)/t8-,10-/m1/s1. The number of carboxylic acid groups (broad SMARTS) is 1. The SMILES string of the molecule is COCCOCC(=O)N[C@@H](C(=O)O)[C@H](C)CC#N. The molecule has 0 unspecified atom stereocenters. The lowest BCUT2D eigenvalue weighted by atomic mass is 9.99. The molecule has 0 spiro atoms. The molecule has 0 aromatic heterocycles. The molecule has 0 rings (SSSR count). The van der Waals surface area contributed by atoms with Crippen molar-refractivity contribution < 1.29 is 24.2 Å². The fourth-order valence-electron chi connectivity index (χ4n) is 1.23. The highest BCUT2D eigenvalue weighted by molar-refractivity contribution is 5.84. The van der Waals surface area contributed by atoms with Gasteiger partial charge in [0.2, 0.25) is 5.91 Å². The first-order chi connectivity index (χ1) is 8.52. The number of carbonyl (C=O) groups is 2. The van der Waals surface area contributed by atoms with Crippen LogP contribution in [-0.4, -0.2) is 50.0 Å². The maximum atomic E-state index is 11.4. The highest BCUT2D eigenvalue weighted by atomic mass is 16.5. The molecule has 7 nitrogen and oxygen atoms in total. The van der Waals surface area contributed by atoms with Gasteiger partial charge in [-0.05, 0) is 0 Å².